The molecule has 0 atom stereocenters. The Kier molecular flexibility index (Phi) is 6.10. The summed E-state index contributed by atoms with van der Waals surface area (Å²) in [5.41, 5.74) is 1.16. The molecule has 1 saturated carbocycles. The molecule has 3 heterocycles. The number of hydrogen-bond acceptors (Lipinski definition) is 8. The highest BCUT2D eigenvalue weighted by Gasteiger charge is 2.39. The Hall–Kier alpha value is -3.79. The second-order valence-electron chi connectivity index (χ2n) is 8.05. The molecular formula is C22H19F3N6O3S. The smallest absolute Gasteiger partial charge is 0.433 e. The van der Waals surface area contributed by atoms with Gasteiger partial charge in [-0.25, -0.2) is 23.4 Å². The van der Waals surface area contributed by atoms with Gasteiger partial charge in [-0.3, -0.25) is 9.29 Å². The molecule has 0 unspecified atom stereocenters. The lowest BCUT2D eigenvalue weighted by Crippen LogP contribution is -2.25. The molecule has 0 radical (unpaired) electrons. The highest BCUT2D eigenvalue weighted by Crippen LogP contribution is 2.47. The van der Waals surface area contributed by atoms with Crippen LogP contribution in [0.4, 0.5) is 18.9 Å². The number of alkyl halides is 3. The van der Waals surface area contributed by atoms with E-state index in [1.807, 2.05) is 6.07 Å². The fraction of sp³-hybridized carbons (Fsp3) is 0.318. The molecule has 0 aromatic carbocycles. The van der Waals surface area contributed by atoms with Crippen LogP contribution in [0.25, 0.3) is 11.3 Å². The molecular weight excluding hydrogens is 485 g/mol. The summed E-state index contributed by atoms with van der Waals surface area (Å²) in [5, 5.41) is 9.16. The molecule has 13 heteroatoms. The number of aromatic nitrogens is 4. The summed E-state index contributed by atoms with van der Waals surface area (Å²) in [4.78, 5) is 15.7. The number of hydrogen-bond donors (Lipinski definition) is 0. The molecule has 35 heavy (non-hydrogen) atoms. The van der Waals surface area contributed by atoms with E-state index in [9.17, 15) is 21.6 Å². The third kappa shape index (κ3) is 5.17. The van der Waals surface area contributed by atoms with Crippen LogP contribution in [0.15, 0.2) is 30.6 Å². The highest BCUT2D eigenvalue weighted by molar-refractivity contribution is 7.92. The van der Waals surface area contributed by atoms with E-state index in [0.29, 0.717) is 24.1 Å². The zero-order valence-corrected chi connectivity index (χ0v) is 19.6. The molecule has 9 nitrogen and oxygen atoms in total. The number of rotatable bonds is 6. The fourth-order valence-corrected chi connectivity index (χ4v) is 3.79. The van der Waals surface area contributed by atoms with Crippen molar-refractivity contribution in [2.75, 3.05) is 17.6 Å². The number of aryl methyl sites for hydroxylation is 1. The molecule has 1 fully saturated rings. The van der Waals surface area contributed by atoms with Crippen molar-refractivity contribution in [3.8, 4) is 29.0 Å². The molecule has 0 saturated heterocycles. The molecule has 0 spiro atoms. The minimum atomic E-state index is -4.73. The van der Waals surface area contributed by atoms with E-state index in [2.05, 4.69) is 19.9 Å². The minimum absolute atomic E-state index is 0.00259. The van der Waals surface area contributed by atoms with Crippen LogP contribution in [0.2, 0.25) is 0 Å². The van der Waals surface area contributed by atoms with E-state index >= 15 is 0 Å². The predicted molar refractivity (Wildman–Crippen MR) is 119 cm³/mol. The van der Waals surface area contributed by atoms with Crippen molar-refractivity contribution in [2.24, 2.45) is 0 Å². The van der Waals surface area contributed by atoms with E-state index in [0.717, 1.165) is 10.6 Å². The normalized spacial score (nSPS) is 13.9. The Balaban J connectivity index is 1.87. The van der Waals surface area contributed by atoms with E-state index in [-0.39, 0.29) is 40.2 Å². The Morgan fingerprint density at radius 1 is 1.17 bits per heavy atom. The number of ether oxygens (including phenoxy) is 1. The van der Waals surface area contributed by atoms with Gasteiger partial charge in [0.25, 0.3) is 0 Å². The highest BCUT2D eigenvalue weighted by atomic mass is 32.2. The summed E-state index contributed by atoms with van der Waals surface area (Å²) in [6, 6.07) is 6.50. The molecule has 0 N–H and O–H groups in total. The van der Waals surface area contributed by atoms with Crippen LogP contribution in [0, 0.1) is 18.3 Å². The lowest BCUT2D eigenvalue weighted by molar-refractivity contribution is -0.145. The number of nitriles is 1. The van der Waals surface area contributed by atoms with Gasteiger partial charge in [-0.05, 0) is 38.0 Å². The SMILES string of the molecule is Cc1nc(C(F)(F)F)nc(C2CC2)c1Oc1nc(-c2cncc(C#N)c2)ccc1N(C)S(C)(=O)=O. The molecule has 0 aliphatic heterocycles. The first kappa shape index (κ1) is 24.3. The first-order chi connectivity index (χ1) is 16.4. The fourth-order valence-electron chi connectivity index (χ4n) is 3.30. The van der Waals surface area contributed by atoms with E-state index < -0.39 is 22.0 Å². The zero-order valence-electron chi connectivity index (χ0n) is 18.8. The molecule has 4 rings (SSSR count). The average Bonchev–Trinajstić information content (AvgIpc) is 3.64. The van der Waals surface area contributed by atoms with Gasteiger partial charge >= 0.3 is 6.18 Å². The first-order valence-corrected chi connectivity index (χ1v) is 12.2. The van der Waals surface area contributed by atoms with Crippen LogP contribution < -0.4 is 9.04 Å². The zero-order chi connectivity index (χ0) is 25.5. The van der Waals surface area contributed by atoms with E-state index in [1.54, 1.807) is 6.07 Å². The third-order valence-corrected chi connectivity index (χ3v) is 6.51. The largest absolute Gasteiger partial charge is 0.451 e. The second-order valence-corrected chi connectivity index (χ2v) is 10.1. The van der Waals surface area contributed by atoms with Crippen molar-refractivity contribution in [1.82, 2.24) is 19.9 Å². The molecule has 3 aromatic rings. The lowest BCUT2D eigenvalue weighted by atomic mass is 10.1. The van der Waals surface area contributed by atoms with Crippen molar-refractivity contribution < 1.29 is 26.3 Å². The quantitative estimate of drug-likeness (QED) is 0.490. The topological polar surface area (TPSA) is 122 Å². The van der Waals surface area contributed by atoms with Gasteiger partial charge < -0.3 is 4.74 Å². The van der Waals surface area contributed by atoms with Crippen molar-refractivity contribution in [3.05, 3.63) is 53.4 Å². The third-order valence-electron chi connectivity index (χ3n) is 5.32. The summed E-state index contributed by atoms with van der Waals surface area (Å²) in [6.07, 6.45) is 0.381. The number of nitrogens with zero attached hydrogens (tertiary/aromatic N) is 6. The minimum Gasteiger partial charge on any atom is -0.433 e. The maximum atomic E-state index is 13.3. The molecule has 1 aliphatic carbocycles. The molecule has 0 amide bonds. The van der Waals surface area contributed by atoms with Crippen molar-refractivity contribution >= 4 is 15.7 Å². The van der Waals surface area contributed by atoms with Gasteiger partial charge in [-0.15, -0.1) is 0 Å². The maximum absolute atomic E-state index is 13.3. The van der Waals surface area contributed by atoms with Crippen LogP contribution in [-0.4, -0.2) is 41.7 Å². The Bertz CT molecular complexity index is 1450. The van der Waals surface area contributed by atoms with Gasteiger partial charge in [-0.1, -0.05) is 0 Å². The summed E-state index contributed by atoms with van der Waals surface area (Å²) in [6.45, 7) is 1.36. The van der Waals surface area contributed by atoms with Crippen molar-refractivity contribution in [2.45, 2.75) is 31.9 Å². The van der Waals surface area contributed by atoms with Gasteiger partial charge in [-0.2, -0.15) is 18.4 Å². The summed E-state index contributed by atoms with van der Waals surface area (Å²) >= 11 is 0. The van der Waals surface area contributed by atoms with Crippen LogP contribution in [0.1, 0.15) is 41.5 Å². The van der Waals surface area contributed by atoms with Crippen LogP contribution in [0.3, 0.4) is 0 Å². The molecule has 182 valence electrons. The predicted octanol–water partition coefficient (Wildman–Crippen LogP) is 4.20. The summed E-state index contributed by atoms with van der Waals surface area (Å²) < 4.78 is 71.3. The Morgan fingerprint density at radius 3 is 2.49 bits per heavy atom. The summed E-state index contributed by atoms with van der Waals surface area (Å²) in [5.74, 6) is -1.68. The number of halogens is 3. The van der Waals surface area contributed by atoms with Crippen LogP contribution in [-0.2, 0) is 16.2 Å². The summed E-state index contributed by atoms with van der Waals surface area (Å²) in [7, 11) is -2.43. The monoisotopic (exact) mass is 504 g/mol. The van der Waals surface area contributed by atoms with Gasteiger partial charge in [0.15, 0.2) is 5.75 Å². The standard InChI is InChI=1S/C22H19F3N6O3S/c1-12-19(18(14-4-5-14)30-21(28-12)22(23,24)25)34-20-17(31(2)35(3,32)33)7-6-16(29-20)15-8-13(9-26)10-27-11-15/h6-8,10-11,14H,4-5H2,1-3H3. The Labute approximate surface area is 199 Å². The Morgan fingerprint density at radius 2 is 1.89 bits per heavy atom. The second kappa shape index (κ2) is 8.77. The average molecular weight is 504 g/mol. The molecule has 0 bridgehead atoms. The molecule has 1 aliphatic rings. The van der Waals surface area contributed by atoms with Gasteiger partial charge in [0.2, 0.25) is 21.7 Å². The first-order valence-electron chi connectivity index (χ1n) is 10.3. The number of pyridine rings is 2. The maximum Gasteiger partial charge on any atom is 0.451 e. The molecule has 3 aromatic heterocycles. The van der Waals surface area contributed by atoms with E-state index in [1.165, 1.54) is 38.5 Å². The van der Waals surface area contributed by atoms with Crippen molar-refractivity contribution in [1.29, 1.82) is 5.26 Å². The van der Waals surface area contributed by atoms with Gasteiger partial charge in [0.05, 0.1) is 28.9 Å². The number of sulfonamides is 1. The van der Waals surface area contributed by atoms with E-state index in [4.69, 9.17) is 10.00 Å². The van der Waals surface area contributed by atoms with Crippen LogP contribution >= 0.6 is 0 Å². The van der Waals surface area contributed by atoms with Crippen molar-refractivity contribution in [3.63, 3.8) is 0 Å². The lowest BCUT2D eigenvalue weighted by Gasteiger charge is -2.21. The van der Waals surface area contributed by atoms with Gasteiger partial charge in [0.1, 0.15) is 11.8 Å². The number of anilines is 1. The van der Waals surface area contributed by atoms with Gasteiger partial charge in [0, 0.05) is 30.9 Å². The van der Waals surface area contributed by atoms with Crippen LogP contribution in [0.5, 0.6) is 11.6 Å².